The number of nitrogens with one attached hydrogen (secondary N) is 1. The van der Waals surface area contributed by atoms with Crippen LogP contribution in [0.2, 0.25) is 0 Å². The Morgan fingerprint density at radius 2 is 1.86 bits per heavy atom. The summed E-state index contributed by atoms with van der Waals surface area (Å²) in [5, 5.41) is 11.4. The van der Waals surface area contributed by atoms with E-state index < -0.39 is 21.8 Å². The van der Waals surface area contributed by atoms with Crippen LogP contribution in [0.4, 0.5) is 5.69 Å². The van der Waals surface area contributed by atoms with Gasteiger partial charge in [-0.25, -0.2) is 4.21 Å². The number of carboxylic acids is 1. The van der Waals surface area contributed by atoms with Gasteiger partial charge >= 0.3 is 5.97 Å². The fourth-order valence-corrected chi connectivity index (χ4v) is 2.72. The zero-order chi connectivity index (χ0) is 16.0. The fraction of sp³-hybridized carbons (Fsp3) is 0.385. The fourth-order valence-electron chi connectivity index (χ4n) is 1.53. The van der Waals surface area contributed by atoms with Crippen LogP contribution in [0.3, 0.4) is 0 Å². The van der Waals surface area contributed by atoms with Crippen LogP contribution in [0, 0.1) is 0 Å². The maximum Gasteiger partial charge on any atom is 0.304 e. The zero-order valence-electron chi connectivity index (χ0n) is 11.7. The largest absolute Gasteiger partial charge is 0.481 e. The summed E-state index contributed by atoms with van der Waals surface area (Å²) in [4.78, 5) is 22.7. The molecule has 1 aromatic rings. The van der Waals surface area contributed by atoms with Crippen molar-refractivity contribution in [1.29, 1.82) is 0 Å². The van der Waals surface area contributed by atoms with Gasteiger partial charge in [0.05, 0.1) is 17.1 Å². The van der Waals surface area contributed by atoms with Crippen molar-refractivity contribution in [3.05, 3.63) is 24.3 Å². The molecule has 0 aromatic heterocycles. The van der Waals surface area contributed by atoms with Crippen molar-refractivity contribution >= 4 is 40.4 Å². The first-order chi connectivity index (χ1) is 9.69. The van der Waals surface area contributed by atoms with Crippen molar-refractivity contribution in [1.82, 2.24) is 0 Å². The normalized spacial score (nSPS) is 12.7. The highest BCUT2D eigenvalue weighted by Gasteiger charge is 2.23. The molecule has 8 heteroatoms. The molecule has 0 saturated carbocycles. The van der Waals surface area contributed by atoms with E-state index >= 15 is 0 Å². The number of thioether (sulfide) groups is 1. The Bertz CT molecular complexity index is 542. The third kappa shape index (κ3) is 6.74. The average molecular weight is 331 g/mol. The van der Waals surface area contributed by atoms with Crippen LogP contribution in [-0.4, -0.2) is 36.2 Å². The molecule has 1 aromatic carbocycles. The van der Waals surface area contributed by atoms with E-state index in [0.717, 1.165) is 0 Å². The molecule has 1 atom stereocenters. The molecule has 1 rings (SSSR count). The van der Waals surface area contributed by atoms with Crippen LogP contribution in [0.15, 0.2) is 29.2 Å². The van der Waals surface area contributed by atoms with Crippen LogP contribution in [0.25, 0.3) is 0 Å². The Morgan fingerprint density at radius 1 is 1.29 bits per heavy atom. The smallest absolute Gasteiger partial charge is 0.304 e. The van der Waals surface area contributed by atoms with E-state index in [9.17, 15) is 13.8 Å². The van der Waals surface area contributed by atoms with Gasteiger partial charge in [-0.2, -0.15) is 0 Å². The molecule has 0 aliphatic heterocycles. The number of aliphatic carboxylic acids is 1. The SMILES string of the molecule is CC(C)(CC(=O)O)SCC(=O)Nc1ccc(S(=O)O)cc1. The van der Waals surface area contributed by atoms with Gasteiger partial charge in [0.15, 0.2) is 11.1 Å². The Morgan fingerprint density at radius 3 is 2.33 bits per heavy atom. The number of amides is 1. The molecule has 1 amide bonds. The summed E-state index contributed by atoms with van der Waals surface area (Å²) in [5.74, 6) is -1.02. The highest BCUT2D eigenvalue weighted by Crippen LogP contribution is 2.28. The standard InChI is InChI=1S/C13H17NO5S2/c1-13(2,7-12(16)17)20-8-11(15)14-9-3-5-10(6-4-9)21(18)19/h3-6H,7-8H2,1-2H3,(H,14,15)(H,16,17)(H,18,19). The van der Waals surface area contributed by atoms with Crippen molar-refractivity contribution in [3.8, 4) is 0 Å². The molecule has 1 unspecified atom stereocenters. The number of carbonyl (C=O) groups is 2. The van der Waals surface area contributed by atoms with Crippen LogP contribution in [0.1, 0.15) is 20.3 Å². The van der Waals surface area contributed by atoms with Gasteiger partial charge in [-0.15, -0.1) is 11.8 Å². The number of carboxylic acid groups (broad SMARTS) is 1. The van der Waals surface area contributed by atoms with Gasteiger partial charge in [-0.05, 0) is 24.3 Å². The first-order valence-electron chi connectivity index (χ1n) is 6.06. The maximum atomic E-state index is 11.8. The Labute approximate surface area is 129 Å². The number of anilines is 1. The summed E-state index contributed by atoms with van der Waals surface area (Å²) in [6, 6.07) is 5.98. The van der Waals surface area contributed by atoms with E-state index in [1.165, 1.54) is 36.0 Å². The molecule has 0 saturated heterocycles. The number of carbonyl (C=O) groups excluding carboxylic acids is 1. The lowest BCUT2D eigenvalue weighted by Crippen LogP contribution is -2.24. The highest BCUT2D eigenvalue weighted by molar-refractivity contribution is 8.01. The van der Waals surface area contributed by atoms with Crippen molar-refractivity contribution in [3.63, 3.8) is 0 Å². The molecular weight excluding hydrogens is 314 g/mol. The lowest BCUT2D eigenvalue weighted by Gasteiger charge is -2.21. The molecule has 116 valence electrons. The first kappa shape index (κ1) is 17.7. The minimum Gasteiger partial charge on any atom is -0.481 e. The quantitative estimate of drug-likeness (QED) is 0.662. The second-order valence-corrected chi connectivity index (χ2v) is 7.59. The summed E-state index contributed by atoms with van der Waals surface area (Å²) in [7, 11) is 0. The highest BCUT2D eigenvalue weighted by atomic mass is 32.2. The van der Waals surface area contributed by atoms with Gasteiger partial charge in [0, 0.05) is 10.4 Å². The molecule has 0 aliphatic carbocycles. The van der Waals surface area contributed by atoms with Gasteiger partial charge in [0.25, 0.3) is 0 Å². The minimum absolute atomic E-state index is 0.0258. The molecule has 0 aliphatic rings. The molecule has 3 N–H and O–H groups in total. The number of benzene rings is 1. The van der Waals surface area contributed by atoms with Crippen molar-refractivity contribution < 1.29 is 23.5 Å². The molecule has 21 heavy (non-hydrogen) atoms. The summed E-state index contributed by atoms with van der Waals surface area (Å²) < 4.78 is 19.2. The summed E-state index contributed by atoms with van der Waals surface area (Å²) in [5.41, 5.74) is 0.519. The van der Waals surface area contributed by atoms with Gasteiger partial charge in [0.2, 0.25) is 5.91 Å². The number of rotatable bonds is 7. The summed E-state index contributed by atoms with van der Waals surface area (Å²) in [6.07, 6.45) is -0.0258. The van der Waals surface area contributed by atoms with Crippen LogP contribution < -0.4 is 5.32 Å². The van der Waals surface area contributed by atoms with E-state index in [-0.39, 0.29) is 23.0 Å². The summed E-state index contributed by atoms with van der Waals surface area (Å²) in [6.45, 7) is 3.54. The lowest BCUT2D eigenvalue weighted by atomic mass is 10.1. The van der Waals surface area contributed by atoms with Gasteiger partial charge in [-0.1, -0.05) is 13.8 Å². The van der Waals surface area contributed by atoms with E-state index in [1.54, 1.807) is 13.8 Å². The van der Waals surface area contributed by atoms with E-state index in [4.69, 9.17) is 9.66 Å². The molecule has 0 heterocycles. The van der Waals surface area contributed by atoms with Gasteiger partial charge in [0.1, 0.15) is 0 Å². The maximum absolute atomic E-state index is 11.8. The molecule has 0 fully saturated rings. The van der Waals surface area contributed by atoms with Crippen LogP contribution in [-0.2, 0) is 20.7 Å². The molecule has 0 radical (unpaired) electrons. The molecule has 0 bridgehead atoms. The second-order valence-electron chi connectivity index (χ2n) is 4.94. The van der Waals surface area contributed by atoms with Gasteiger partial charge in [-0.3, -0.25) is 9.59 Å². The minimum atomic E-state index is -2.04. The van der Waals surface area contributed by atoms with E-state index in [1.807, 2.05) is 0 Å². The van der Waals surface area contributed by atoms with Crippen molar-refractivity contribution in [2.24, 2.45) is 0 Å². The third-order valence-corrected chi connectivity index (χ3v) is 4.52. The Balaban J connectivity index is 2.50. The second kappa shape index (κ2) is 7.58. The molecule has 0 spiro atoms. The average Bonchev–Trinajstić information content (AvgIpc) is 2.36. The van der Waals surface area contributed by atoms with Crippen molar-refractivity contribution in [2.45, 2.75) is 29.9 Å². The number of hydrogen-bond acceptors (Lipinski definition) is 4. The number of hydrogen-bond donors (Lipinski definition) is 3. The molecule has 6 nitrogen and oxygen atoms in total. The Hall–Kier alpha value is -1.38. The third-order valence-electron chi connectivity index (χ3n) is 2.51. The molecular formula is C13H17NO5S2. The predicted octanol–water partition coefficient (Wildman–Crippen LogP) is 2.19. The lowest BCUT2D eigenvalue weighted by molar-refractivity contribution is -0.137. The van der Waals surface area contributed by atoms with Crippen LogP contribution >= 0.6 is 11.8 Å². The zero-order valence-corrected chi connectivity index (χ0v) is 13.3. The Kier molecular flexibility index (Phi) is 6.38. The monoisotopic (exact) mass is 331 g/mol. The van der Waals surface area contributed by atoms with E-state index in [2.05, 4.69) is 5.32 Å². The van der Waals surface area contributed by atoms with Crippen LogP contribution in [0.5, 0.6) is 0 Å². The van der Waals surface area contributed by atoms with Gasteiger partial charge < -0.3 is 15.0 Å². The van der Waals surface area contributed by atoms with E-state index in [0.29, 0.717) is 5.69 Å². The first-order valence-corrected chi connectivity index (χ1v) is 8.15. The predicted molar refractivity (Wildman–Crippen MR) is 82.9 cm³/mol. The van der Waals surface area contributed by atoms with Crippen molar-refractivity contribution in [2.75, 3.05) is 11.1 Å². The summed E-state index contributed by atoms with van der Waals surface area (Å²) >= 11 is -0.782. The topological polar surface area (TPSA) is 104 Å².